The largest absolute Gasteiger partial charge is 0.490 e. The number of fused-ring (bicyclic) bond motifs is 2. The number of carbonyl (C=O) groups is 3. The van der Waals surface area contributed by atoms with Crippen molar-refractivity contribution >= 4 is 17.9 Å². The Morgan fingerprint density at radius 1 is 1.10 bits per heavy atom. The van der Waals surface area contributed by atoms with Crippen LogP contribution in [-0.2, 0) is 26.3 Å². The van der Waals surface area contributed by atoms with E-state index in [-0.39, 0.29) is 13.2 Å². The van der Waals surface area contributed by atoms with Crippen molar-refractivity contribution in [3.63, 3.8) is 0 Å². The van der Waals surface area contributed by atoms with E-state index in [1.807, 2.05) is 55.5 Å². The SMILES string of the molecule is Cc1ccc(OCCOC(=O)CN2C(=O)N[C@]3(CCCc4ccccc43)C2=O)cc1. The Kier molecular flexibility index (Phi) is 5.44. The number of aryl methyl sites for hydroxylation is 2. The average molecular weight is 408 g/mol. The maximum absolute atomic E-state index is 13.1. The summed E-state index contributed by atoms with van der Waals surface area (Å²) in [6.07, 6.45) is 2.17. The zero-order valence-electron chi connectivity index (χ0n) is 16.8. The zero-order chi connectivity index (χ0) is 21.1. The lowest BCUT2D eigenvalue weighted by Crippen LogP contribution is -2.46. The van der Waals surface area contributed by atoms with Crippen molar-refractivity contribution in [1.29, 1.82) is 0 Å². The Balaban J connectivity index is 1.34. The highest BCUT2D eigenvalue weighted by molar-refractivity contribution is 6.09. The van der Waals surface area contributed by atoms with Crippen LogP contribution in [0.5, 0.6) is 5.75 Å². The van der Waals surface area contributed by atoms with Gasteiger partial charge in [0.2, 0.25) is 0 Å². The second kappa shape index (κ2) is 8.18. The molecule has 7 heteroatoms. The molecule has 0 saturated carbocycles. The molecule has 1 aliphatic carbocycles. The summed E-state index contributed by atoms with van der Waals surface area (Å²) in [6, 6.07) is 14.6. The minimum atomic E-state index is -1.08. The second-order valence-electron chi connectivity index (χ2n) is 7.62. The molecule has 1 saturated heterocycles. The van der Waals surface area contributed by atoms with Gasteiger partial charge >= 0.3 is 12.0 Å². The lowest BCUT2D eigenvalue weighted by atomic mass is 9.76. The van der Waals surface area contributed by atoms with E-state index < -0.39 is 30.0 Å². The van der Waals surface area contributed by atoms with Gasteiger partial charge in [-0.3, -0.25) is 14.5 Å². The Labute approximate surface area is 175 Å². The van der Waals surface area contributed by atoms with Gasteiger partial charge in [0.1, 0.15) is 31.0 Å². The molecule has 1 atom stereocenters. The summed E-state index contributed by atoms with van der Waals surface area (Å²) in [4.78, 5) is 38.8. The molecular formula is C23H24N2O5. The third kappa shape index (κ3) is 3.75. The number of hydrogen-bond acceptors (Lipinski definition) is 5. The maximum Gasteiger partial charge on any atom is 0.326 e. The Morgan fingerprint density at radius 3 is 2.67 bits per heavy atom. The van der Waals surface area contributed by atoms with Gasteiger partial charge in [0.05, 0.1) is 0 Å². The van der Waals surface area contributed by atoms with Gasteiger partial charge in [0, 0.05) is 0 Å². The van der Waals surface area contributed by atoms with Crippen LogP contribution in [0, 0.1) is 6.92 Å². The van der Waals surface area contributed by atoms with Crippen LogP contribution in [0.3, 0.4) is 0 Å². The Bertz CT molecular complexity index is 972. The quantitative estimate of drug-likeness (QED) is 0.451. The predicted molar refractivity (Wildman–Crippen MR) is 109 cm³/mol. The molecule has 1 heterocycles. The molecule has 2 aliphatic rings. The van der Waals surface area contributed by atoms with Crippen LogP contribution in [0.25, 0.3) is 0 Å². The molecule has 30 heavy (non-hydrogen) atoms. The molecule has 0 aromatic heterocycles. The molecule has 0 unspecified atom stereocenters. The number of carbonyl (C=O) groups excluding carboxylic acids is 3. The van der Waals surface area contributed by atoms with E-state index in [1.54, 1.807) is 0 Å². The van der Waals surface area contributed by atoms with Crippen LogP contribution in [0.2, 0.25) is 0 Å². The van der Waals surface area contributed by atoms with Crippen LogP contribution in [-0.4, -0.2) is 42.6 Å². The predicted octanol–water partition coefficient (Wildman–Crippen LogP) is 2.70. The van der Waals surface area contributed by atoms with E-state index in [0.717, 1.165) is 34.4 Å². The summed E-state index contributed by atoms with van der Waals surface area (Å²) >= 11 is 0. The first-order chi connectivity index (χ1) is 14.5. The van der Waals surface area contributed by atoms with E-state index in [2.05, 4.69) is 5.32 Å². The second-order valence-corrected chi connectivity index (χ2v) is 7.62. The Morgan fingerprint density at radius 2 is 1.87 bits per heavy atom. The van der Waals surface area contributed by atoms with Crippen molar-refractivity contribution in [3.05, 3.63) is 65.2 Å². The minimum absolute atomic E-state index is 0.0321. The third-order valence-electron chi connectivity index (χ3n) is 5.57. The monoisotopic (exact) mass is 408 g/mol. The number of urea groups is 1. The molecule has 0 radical (unpaired) electrons. The number of hydrogen-bond donors (Lipinski definition) is 1. The van der Waals surface area contributed by atoms with E-state index in [1.165, 1.54) is 0 Å². The van der Waals surface area contributed by atoms with Crippen LogP contribution in [0.15, 0.2) is 48.5 Å². The number of esters is 1. The summed E-state index contributed by atoms with van der Waals surface area (Å²) in [5.41, 5.74) is 1.91. The zero-order valence-corrected chi connectivity index (χ0v) is 16.8. The number of ether oxygens (including phenoxy) is 2. The lowest BCUT2D eigenvalue weighted by Gasteiger charge is -2.33. The van der Waals surface area contributed by atoms with E-state index >= 15 is 0 Å². The summed E-state index contributed by atoms with van der Waals surface area (Å²) < 4.78 is 10.7. The lowest BCUT2D eigenvalue weighted by molar-refractivity contribution is -0.148. The highest BCUT2D eigenvalue weighted by atomic mass is 16.6. The highest BCUT2D eigenvalue weighted by Crippen LogP contribution is 2.39. The summed E-state index contributed by atoms with van der Waals surface area (Å²) in [7, 11) is 0. The molecule has 3 amide bonds. The van der Waals surface area contributed by atoms with Gasteiger partial charge in [-0.15, -0.1) is 0 Å². The first-order valence-corrected chi connectivity index (χ1v) is 10.1. The maximum atomic E-state index is 13.1. The molecule has 1 aliphatic heterocycles. The van der Waals surface area contributed by atoms with Crippen molar-refractivity contribution in [3.8, 4) is 5.75 Å². The molecule has 2 aromatic carbocycles. The van der Waals surface area contributed by atoms with Crippen LogP contribution in [0.1, 0.15) is 29.5 Å². The van der Waals surface area contributed by atoms with Gasteiger partial charge in [0.15, 0.2) is 0 Å². The number of nitrogens with one attached hydrogen (secondary N) is 1. The molecule has 1 N–H and O–H groups in total. The molecule has 1 spiro atoms. The van der Waals surface area contributed by atoms with Gasteiger partial charge in [-0.25, -0.2) is 4.79 Å². The first-order valence-electron chi connectivity index (χ1n) is 10.1. The molecule has 4 rings (SSSR count). The fourth-order valence-corrected chi connectivity index (χ4v) is 4.08. The summed E-state index contributed by atoms with van der Waals surface area (Å²) in [5, 5.41) is 2.83. The number of nitrogens with zero attached hydrogens (tertiary/aromatic N) is 1. The molecule has 0 bridgehead atoms. The average Bonchev–Trinajstić information content (AvgIpc) is 2.97. The van der Waals surface area contributed by atoms with Gasteiger partial charge in [-0.2, -0.15) is 0 Å². The van der Waals surface area contributed by atoms with E-state index in [4.69, 9.17) is 9.47 Å². The fourth-order valence-electron chi connectivity index (χ4n) is 4.08. The molecular weight excluding hydrogens is 384 g/mol. The van der Waals surface area contributed by atoms with Gasteiger partial charge in [-0.05, 0) is 49.4 Å². The van der Waals surface area contributed by atoms with Crippen molar-refractivity contribution in [1.82, 2.24) is 10.2 Å². The van der Waals surface area contributed by atoms with Gasteiger partial charge in [0.25, 0.3) is 5.91 Å². The highest BCUT2D eigenvalue weighted by Gasteiger charge is 2.54. The van der Waals surface area contributed by atoms with Crippen LogP contribution in [0.4, 0.5) is 4.79 Å². The molecule has 1 fully saturated rings. The first kappa shape index (κ1) is 19.9. The Hall–Kier alpha value is -3.35. The standard InChI is InChI=1S/C23H24N2O5/c1-16-8-10-18(11-9-16)29-13-14-30-20(26)15-25-21(27)23(24-22(25)28)12-4-6-17-5-2-3-7-19(17)23/h2-3,5,7-11H,4,6,12-15H2,1H3,(H,24,28)/t23-/m0/s1. The molecule has 2 aromatic rings. The number of amides is 3. The topological polar surface area (TPSA) is 84.9 Å². The molecule has 156 valence electrons. The summed E-state index contributed by atoms with van der Waals surface area (Å²) in [5.74, 6) is -0.358. The number of rotatable bonds is 6. The van der Waals surface area contributed by atoms with Crippen LogP contribution >= 0.6 is 0 Å². The van der Waals surface area contributed by atoms with Crippen molar-refractivity contribution in [2.75, 3.05) is 19.8 Å². The normalized spacial score (nSPS) is 20.1. The van der Waals surface area contributed by atoms with Crippen molar-refractivity contribution in [2.45, 2.75) is 31.7 Å². The van der Waals surface area contributed by atoms with Gasteiger partial charge < -0.3 is 14.8 Å². The van der Waals surface area contributed by atoms with E-state index in [0.29, 0.717) is 12.2 Å². The number of benzene rings is 2. The van der Waals surface area contributed by atoms with Crippen molar-refractivity contribution in [2.24, 2.45) is 0 Å². The number of imide groups is 1. The van der Waals surface area contributed by atoms with Gasteiger partial charge in [-0.1, -0.05) is 42.0 Å². The van der Waals surface area contributed by atoms with Crippen LogP contribution < -0.4 is 10.1 Å². The minimum Gasteiger partial charge on any atom is -0.490 e. The molecule has 7 nitrogen and oxygen atoms in total. The smallest absolute Gasteiger partial charge is 0.326 e. The third-order valence-corrected chi connectivity index (χ3v) is 5.57. The van der Waals surface area contributed by atoms with Crippen molar-refractivity contribution < 1.29 is 23.9 Å². The summed E-state index contributed by atoms with van der Waals surface area (Å²) in [6.45, 7) is 1.78. The fraction of sp³-hybridized carbons (Fsp3) is 0.348. The van der Waals surface area contributed by atoms with E-state index in [9.17, 15) is 14.4 Å².